The Labute approximate surface area is 124 Å². The van der Waals surface area contributed by atoms with E-state index in [0.717, 1.165) is 13.7 Å². The predicted octanol–water partition coefficient (Wildman–Crippen LogP) is -0.110. The maximum absolute atomic E-state index is 11.7. The van der Waals surface area contributed by atoms with E-state index in [-0.39, 0.29) is 5.41 Å². The molecule has 0 aromatic rings. The first kappa shape index (κ1) is 19.2. The second-order valence-corrected chi connectivity index (χ2v) is 5.90. The lowest BCUT2D eigenvalue weighted by Gasteiger charge is -2.28. The van der Waals surface area contributed by atoms with Gasteiger partial charge in [-0.3, -0.25) is 4.79 Å². The first-order valence-corrected chi connectivity index (χ1v) is 6.56. The van der Waals surface area contributed by atoms with Crippen molar-refractivity contribution in [1.29, 1.82) is 0 Å². The lowest BCUT2D eigenvalue weighted by molar-refractivity contribution is -0.147. The Morgan fingerprint density at radius 1 is 1.29 bits per heavy atom. The highest BCUT2D eigenvalue weighted by atomic mass is 16.5. The largest absolute Gasteiger partial charge is 0.480 e. The van der Waals surface area contributed by atoms with E-state index in [1.165, 1.54) is 0 Å². The smallest absolute Gasteiger partial charge is 0.326 e. The molecule has 3 N–H and O–H groups in total. The zero-order chi connectivity index (χ0) is 16.6. The molecule has 0 bridgehead atoms. The minimum atomic E-state index is -1.31. The van der Waals surface area contributed by atoms with E-state index in [1.807, 2.05) is 32.8 Å². The fraction of sp³-hybridized carbons (Fsp3) is 0.769. The summed E-state index contributed by atoms with van der Waals surface area (Å²) in [6.45, 7) is 5.10. The van der Waals surface area contributed by atoms with Gasteiger partial charge in [-0.25, -0.2) is 9.59 Å². The van der Waals surface area contributed by atoms with Crippen LogP contribution in [0.2, 0.25) is 0 Å². The Kier molecular flexibility index (Phi) is 7.72. The normalized spacial score (nSPS) is 12.7. The van der Waals surface area contributed by atoms with E-state index in [9.17, 15) is 14.4 Å². The number of nitrogens with one attached hydrogen (secondary N) is 2. The number of urea groups is 1. The fourth-order valence-corrected chi connectivity index (χ4v) is 1.89. The lowest BCUT2D eigenvalue weighted by atomic mass is 9.93. The Bertz CT molecular complexity index is 382. The standard InChI is InChI=1S/C13H25N3O5/c1-13(2,8-16(3)4)7-14-12(20)15-9(11(18)19)6-10(17)21-5/h9H,6-8H2,1-5H3,(H,18,19)(H2,14,15,20)/t9-/m0/s1. The number of carboxylic acids is 1. The molecule has 2 amide bonds. The number of aliphatic carboxylic acids is 1. The van der Waals surface area contributed by atoms with Crippen LogP contribution < -0.4 is 10.6 Å². The number of esters is 1. The van der Waals surface area contributed by atoms with Gasteiger partial charge in [0.2, 0.25) is 0 Å². The molecule has 0 heterocycles. The fourth-order valence-electron chi connectivity index (χ4n) is 1.89. The molecule has 0 radical (unpaired) electrons. The van der Waals surface area contributed by atoms with Crippen molar-refractivity contribution in [2.45, 2.75) is 26.3 Å². The van der Waals surface area contributed by atoms with Crippen LogP contribution in [-0.2, 0) is 14.3 Å². The molecule has 0 aliphatic heterocycles. The predicted molar refractivity (Wildman–Crippen MR) is 76.9 cm³/mol. The third-order valence-electron chi connectivity index (χ3n) is 2.67. The van der Waals surface area contributed by atoms with E-state index in [4.69, 9.17) is 5.11 Å². The molecule has 122 valence electrons. The molecule has 0 saturated carbocycles. The van der Waals surface area contributed by atoms with E-state index >= 15 is 0 Å². The van der Waals surface area contributed by atoms with Crippen LogP contribution in [0.1, 0.15) is 20.3 Å². The van der Waals surface area contributed by atoms with E-state index in [0.29, 0.717) is 6.54 Å². The third kappa shape index (κ3) is 8.85. The minimum Gasteiger partial charge on any atom is -0.480 e. The third-order valence-corrected chi connectivity index (χ3v) is 2.67. The van der Waals surface area contributed by atoms with Gasteiger partial charge in [0.05, 0.1) is 13.5 Å². The van der Waals surface area contributed by atoms with Gasteiger partial charge in [-0.2, -0.15) is 0 Å². The van der Waals surface area contributed by atoms with Gasteiger partial charge in [0.1, 0.15) is 6.04 Å². The molecule has 21 heavy (non-hydrogen) atoms. The van der Waals surface area contributed by atoms with Crippen molar-refractivity contribution in [3.05, 3.63) is 0 Å². The van der Waals surface area contributed by atoms with Gasteiger partial charge in [0, 0.05) is 13.1 Å². The van der Waals surface area contributed by atoms with Gasteiger partial charge in [-0.15, -0.1) is 0 Å². The second kappa shape index (κ2) is 8.46. The number of carbonyl (C=O) groups is 3. The molecule has 0 fully saturated rings. The summed E-state index contributed by atoms with van der Waals surface area (Å²) in [5.74, 6) is -1.99. The summed E-state index contributed by atoms with van der Waals surface area (Å²) in [5, 5.41) is 13.8. The van der Waals surface area contributed by atoms with Crippen molar-refractivity contribution in [2.75, 3.05) is 34.3 Å². The van der Waals surface area contributed by atoms with Crippen molar-refractivity contribution in [2.24, 2.45) is 5.41 Å². The molecular weight excluding hydrogens is 278 g/mol. The van der Waals surface area contributed by atoms with Crippen LogP contribution >= 0.6 is 0 Å². The number of carboxylic acid groups (broad SMARTS) is 1. The van der Waals surface area contributed by atoms with E-state index < -0.39 is 30.4 Å². The van der Waals surface area contributed by atoms with E-state index in [2.05, 4.69) is 15.4 Å². The van der Waals surface area contributed by atoms with Crippen molar-refractivity contribution >= 4 is 18.0 Å². The van der Waals surface area contributed by atoms with Gasteiger partial charge in [-0.1, -0.05) is 13.8 Å². The molecule has 8 nitrogen and oxygen atoms in total. The number of rotatable bonds is 8. The molecular formula is C13H25N3O5. The topological polar surface area (TPSA) is 108 Å². The van der Waals surface area contributed by atoms with Crippen LogP contribution in [0.25, 0.3) is 0 Å². The Morgan fingerprint density at radius 3 is 2.29 bits per heavy atom. The first-order valence-electron chi connectivity index (χ1n) is 6.56. The zero-order valence-electron chi connectivity index (χ0n) is 13.2. The van der Waals surface area contributed by atoms with Crippen LogP contribution in [0.15, 0.2) is 0 Å². The van der Waals surface area contributed by atoms with Gasteiger partial charge in [0.15, 0.2) is 0 Å². The quantitative estimate of drug-likeness (QED) is 0.540. The number of carbonyl (C=O) groups excluding carboxylic acids is 2. The number of methoxy groups -OCH3 is 1. The molecule has 1 atom stereocenters. The number of hydrogen-bond donors (Lipinski definition) is 3. The highest BCUT2D eigenvalue weighted by Crippen LogP contribution is 2.13. The highest BCUT2D eigenvalue weighted by Gasteiger charge is 2.25. The Hall–Kier alpha value is -1.83. The summed E-state index contributed by atoms with van der Waals surface area (Å²) < 4.78 is 4.39. The molecule has 0 rings (SSSR count). The monoisotopic (exact) mass is 303 g/mol. The lowest BCUT2D eigenvalue weighted by Crippen LogP contribution is -2.49. The van der Waals surface area contributed by atoms with Crippen LogP contribution in [-0.4, -0.2) is 68.3 Å². The second-order valence-electron chi connectivity index (χ2n) is 5.90. The molecule has 0 aromatic heterocycles. The average Bonchev–Trinajstić information content (AvgIpc) is 2.33. The van der Waals surface area contributed by atoms with E-state index in [1.54, 1.807) is 0 Å². The number of amides is 2. The summed E-state index contributed by atoms with van der Waals surface area (Å²) >= 11 is 0. The average molecular weight is 303 g/mol. The van der Waals surface area contributed by atoms with Gasteiger partial charge < -0.3 is 25.4 Å². The Morgan fingerprint density at radius 2 is 1.86 bits per heavy atom. The van der Waals surface area contributed by atoms with Gasteiger partial charge in [-0.05, 0) is 19.5 Å². The first-order chi connectivity index (χ1) is 9.57. The summed E-state index contributed by atoms with van der Waals surface area (Å²) in [4.78, 5) is 35.8. The van der Waals surface area contributed by atoms with Crippen LogP contribution in [0, 0.1) is 5.41 Å². The Balaban J connectivity index is 4.38. The maximum atomic E-state index is 11.7. The minimum absolute atomic E-state index is 0.165. The van der Waals surface area contributed by atoms with Crippen LogP contribution in [0.5, 0.6) is 0 Å². The summed E-state index contributed by atoms with van der Waals surface area (Å²) in [5.41, 5.74) is -0.165. The van der Waals surface area contributed by atoms with Crippen LogP contribution in [0.3, 0.4) is 0 Å². The summed E-state index contributed by atoms with van der Waals surface area (Å²) in [6, 6.07) is -1.94. The SMILES string of the molecule is COC(=O)C[C@H](NC(=O)NCC(C)(C)CN(C)C)C(=O)O. The summed E-state index contributed by atoms with van der Waals surface area (Å²) in [7, 11) is 5.02. The maximum Gasteiger partial charge on any atom is 0.326 e. The van der Waals surface area contributed by atoms with Crippen molar-refractivity contribution in [3.63, 3.8) is 0 Å². The molecule has 8 heteroatoms. The highest BCUT2D eigenvalue weighted by molar-refractivity contribution is 5.86. The molecule has 0 unspecified atom stereocenters. The van der Waals surface area contributed by atoms with Gasteiger partial charge in [0.25, 0.3) is 0 Å². The molecule has 0 aromatic carbocycles. The summed E-state index contributed by atoms with van der Waals surface area (Å²) in [6.07, 6.45) is -0.416. The van der Waals surface area contributed by atoms with Gasteiger partial charge >= 0.3 is 18.0 Å². The van der Waals surface area contributed by atoms with Crippen molar-refractivity contribution in [3.8, 4) is 0 Å². The number of nitrogens with zero attached hydrogens (tertiary/aromatic N) is 1. The molecule has 0 aliphatic rings. The van der Waals surface area contributed by atoms with Crippen molar-refractivity contribution < 1.29 is 24.2 Å². The molecule has 0 aliphatic carbocycles. The number of hydrogen-bond acceptors (Lipinski definition) is 5. The molecule has 0 saturated heterocycles. The number of ether oxygens (including phenoxy) is 1. The molecule has 0 spiro atoms. The van der Waals surface area contributed by atoms with Crippen LogP contribution in [0.4, 0.5) is 4.79 Å². The zero-order valence-corrected chi connectivity index (χ0v) is 13.2. The van der Waals surface area contributed by atoms with Crippen molar-refractivity contribution in [1.82, 2.24) is 15.5 Å².